The highest BCUT2D eigenvalue weighted by molar-refractivity contribution is 6.05. The zero-order chi connectivity index (χ0) is 76.7. The van der Waals surface area contributed by atoms with Gasteiger partial charge in [-0.2, -0.15) is 0 Å². The van der Waals surface area contributed by atoms with E-state index in [0.717, 1.165) is 166 Å². The zero-order valence-electron chi connectivity index (χ0n) is 68.5. The van der Waals surface area contributed by atoms with E-state index >= 15 is 0 Å². The first kappa shape index (κ1) is 91.8. The molecule has 102 heavy (non-hydrogen) atoms. The molecule has 564 valence electrons. The summed E-state index contributed by atoms with van der Waals surface area (Å²) in [5.41, 5.74) is 16.6. The van der Waals surface area contributed by atoms with Crippen LogP contribution >= 0.6 is 0 Å². The fourth-order valence-corrected chi connectivity index (χ4v) is 11.0. The Bertz CT molecular complexity index is 3430. The largest absolute Gasteiger partial charge is 0.493 e. The van der Waals surface area contributed by atoms with Gasteiger partial charge in [-0.1, -0.05) is 210 Å². The summed E-state index contributed by atoms with van der Waals surface area (Å²) in [6, 6.07) is 38.1. The second-order valence-corrected chi connectivity index (χ2v) is 27.4. The van der Waals surface area contributed by atoms with Gasteiger partial charge in [0.2, 0.25) is 0 Å². The molecule has 0 radical (unpaired) electrons. The standard InChI is InChI=1S/C29H41NO3.C28H39NO3.C27H37NO3.3C2H6/c1-8-9-17-32-26-19-22(2)27(23(3)20-26)33-18-12-10-11-14-24-15-13-16-25(21-24)28(30-31-7)29(4,5)6;1-8-9-16-31-25-18-21(2)26(22(3)19-25)32-17-11-10-13-23-14-12-15-24(20-23)27(29-30-7)28(4,5)6;1-8-9-15-30-24-17-20(2)25(21(3)18-24)31-16-11-13-22-12-10-14-23(19-22)26(28-29-7)27(4,5)6;3*1-2/h8-9,13,15-16,19-21H,10-12,14,17-18H2,1-7H3;8-9,12,14-15,18-20H,10-11,13,16-17H2,1-7H3;8-10,12,14,17-19H,11,13,15-16H2,1-7H3;3*1-2H3/b9-8+,30-28+;9-8+,29-27+;9-8+,28-26+;;;. The number of ether oxygens (including phenoxy) is 6. The predicted molar refractivity (Wildman–Crippen MR) is 436 cm³/mol. The van der Waals surface area contributed by atoms with Crippen LogP contribution in [0.25, 0.3) is 0 Å². The highest BCUT2D eigenvalue weighted by Gasteiger charge is 2.25. The van der Waals surface area contributed by atoms with Gasteiger partial charge in [-0.15, -0.1) is 0 Å². The number of oxime groups is 3. The Kier molecular flexibility index (Phi) is 45.9. The SMILES string of the molecule is C/C=C/COc1cc(C)c(OCCCCCc2cccc(/C(=N\OC)C(C)(C)C)c2)c(C)c1.C/C=C/COc1cc(C)c(OCCCCc2cccc(/C(=N\OC)C(C)(C)C)c2)c(C)c1.C/C=C/COc1cc(C)c(OCCCc2cccc(/C(=N\OC)C(C)(C)C)c2)c(C)c1.CC.CC.CC. The van der Waals surface area contributed by atoms with Crippen LogP contribution in [0.5, 0.6) is 34.5 Å². The Balaban J connectivity index is 0.000000737. The zero-order valence-corrected chi connectivity index (χ0v) is 68.5. The van der Waals surface area contributed by atoms with E-state index in [-0.39, 0.29) is 16.2 Å². The summed E-state index contributed by atoms with van der Waals surface area (Å²) in [7, 11) is 4.80. The smallest absolute Gasteiger partial charge is 0.125 e. The Morgan fingerprint density at radius 2 is 0.569 bits per heavy atom. The van der Waals surface area contributed by atoms with Crippen molar-refractivity contribution in [2.24, 2.45) is 31.7 Å². The van der Waals surface area contributed by atoms with E-state index in [1.807, 2.05) is 123 Å². The van der Waals surface area contributed by atoms with Crippen molar-refractivity contribution in [3.8, 4) is 34.5 Å². The van der Waals surface area contributed by atoms with Gasteiger partial charge in [0.25, 0.3) is 0 Å². The van der Waals surface area contributed by atoms with Crippen LogP contribution in [-0.4, -0.2) is 78.1 Å². The molecule has 0 fully saturated rings. The average molecular weight is 1400 g/mol. The second-order valence-electron chi connectivity index (χ2n) is 27.4. The lowest BCUT2D eigenvalue weighted by Crippen LogP contribution is -2.22. The first-order valence-corrected chi connectivity index (χ1v) is 37.3. The van der Waals surface area contributed by atoms with Gasteiger partial charge in [0.05, 0.1) is 37.0 Å². The van der Waals surface area contributed by atoms with Crippen molar-refractivity contribution >= 4 is 17.1 Å². The molecule has 12 heteroatoms. The fraction of sp³-hybridized carbons (Fsp3) is 0.500. The highest BCUT2D eigenvalue weighted by Crippen LogP contribution is 2.33. The molecule has 0 heterocycles. The molecule has 0 unspecified atom stereocenters. The third-order valence-electron chi connectivity index (χ3n) is 15.6. The monoisotopic (exact) mass is 1400 g/mol. The fourth-order valence-electron chi connectivity index (χ4n) is 11.0. The van der Waals surface area contributed by atoms with E-state index in [1.54, 1.807) is 21.3 Å². The van der Waals surface area contributed by atoms with Crippen molar-refractivity contribution < 1.29 is 42.9 Å². The molecule has 0 aliphatic heterocycles. The molecule has 0 aromatic heterocycles. The lowest BCUT2D eigenvalue weighted by molar-refractivity contribution is 0.209. The summed E-state index contributed by atoms with van der Waals surface area (Å²) in [6.45, 7) is 53.7. The molecule has 0 amide bonds. The quantitative estimate of drug-likeness (QED) is 0.0172. The van der Waals surface area contributed by atoms with Crippen LogP contribution < -0.4 is 28.4 Å². The van der Waals surface area contributed by atoms with Crippen LogP contribution in [0.3, 0.4) is 0 Å². The molecular weight excluding hydrogens is 1270 g/mol. The van der Waals surface area contributed by atoms with Crippen LogP contribution in [0, 0.1) is 57.8 Å². The van der Waals surface area contributed by atoms with Gasteiger partial charge >= 0.3 is 0 Å². The number of hydrogen-bond donors (Lipinski definition) is 0. The number of benzene rings is 6. The second kappa shape index (κ2) is 51.0. The molecular formula is C90H135N3O9. The van der Waals surface area contributed by atoms with E-state index < -0.39 is 0 Å². The van der Waals surface area contributed by atoms with Crippen molar-refractivity contribution in [3.63, 3.8) is 0 Å². The minimum absolute atomic E-state index is 0.0703. The first-order valence-electron chi connectivity index (χ1n) is 37.3. The van der Waals surface area contributed by atoms with Crippen LogP contribution in [0.1, 0.15) is 230 Å². The Hall–Kier alpha value is -8.25. The summed E-state index contributed by atoms with van der Waals surface area (Å²) in [6.07, 6.45) is 21.3. The van der Waals surface area contributed by atoms with Crippen LogP contribution in [0.4, 0.5) is 0 Å². The molecule has 6 rings (SSSR count). The van der Waals surface area contributed by atoms with E-state index in [1.165, 1.54) is 16.7 Å². The normalized spacial score (nSPS) is 11.7. The molecule has 0 atom stereocenters. The summed E-state index contributed by atoms with van der Waals surface area (Å²) in [5.74, 6) is 5.56. The van der Waals surface area contributed by atoms with E-state index in [2.05, 4.69) is 204 Å². The lowest BCUT2D eigenvalue weighted by atomic mass is 9.85. The molecule has 0 bridgehead atoms. The molecule has 0 N–H and O–H groups in total. The maximum atomic E-state index is 6.13. The van der Waals surface area contributed by atoms with Crippen molar-refractivity contribution in [2.75, 3.05) is 61.0 Å². The van der Waals surface area contributed by atoms with Crippen molar-refractivity contribution in [1.82, 2.24) is 0 Å². The van der Waals surface area contributed by atoms with E-state index in [0.29, 0.717) is 33.0 Å². The summed E-state index contributed by atoms with van der Waals surface area (Å²) < 4.78 is 35.6. The van der Waals surface area contributed by atoms with Gasteiger partial charge in [-0.25, -0.2) is 0 Å². The molecule has 0 aliphatic carbocycles. The number of rotatable bonds is 33. The van der Waals surface area contributed by atoms with E-state index in [9.17, 15) is 0 Å². The van der Waals surface area contributed by atoms with Crippen LogP contribution in [0.15, 0.2) is 161 Å². The summed E-state index contributed by atoms with van der Waals surface area (Å²) in [5, 5.41) is 12.8. The molecule has 12 nitrogen and oxygen atoms in total. The van der Waals surface area contributed by atoms with Crippen molar-refractivity contribution in [2.45, 2.75) is 224 Å². The van der Waals surface area contributed by atoms with Gasteiger partial charge in [-0.05, 0) is 225 Å². The Morgan fingerprint density at radius 1 is 0.324 bits per heavy atom. The van der Waals surface area contributed by atoms with Gasteiger partial charge in [0, 0.05) is 32.9 Å². The number of unbranched alkanes of at least 4 members (excludes halogenated alkanes) is 3. The number of allylic oxidation sites excluding steroid dienone is 3. The topological polar surface area (TPSA) is 120 Å². The van der Waals surface area contributed by atoms with Gasteiger partial charge < -0.3 is 42.9 Å². The minimum Gasteiger partial charge on any atom is -0.493 e. The number of aryl methyl sites for hydroxylation is 9. The van der Waals surface area contributed by atoms with Crippen molar-refractivity contribution in [3.05, 3.63) is 212 Å². The van der Waals surface area contributed by atoms with Crippen LogP contribution in [0.2, 0.25) is 0 Å². The summed E-state index contributed by atoms with van der Waals surface area (Å²) in [4.78, 5) is 15.3. The molecule has 0 aliphatic rings. The molecule has 0 saturated heterocycles. The highest BCUT2D eigenvalue weighted by atomic mass is 16.6. The third kappa shape index (κ3) is 34.6. The molecule has 0 saturated carbocycles. The first-order chi connectivity index (χ1) is 48.8. The molecule has 0 spiro atoms. The maximum absolute atomic E-state index is 6.13. The minimum atomic E-state index is -0.0878. The third-order valence-corrected chi connectivity index (χ3v) is 15.6. The Morgan fingerprint density at radius 3 is 0.824 bits per heavy atom. The number of hydrogen-bond acceptors (Lipinski definition) is 12. The van der Waals surface area contributed by atoms with E-state index in [4.69, 9.17) is 42.9 Å². The van der Waals surface area contributed by atoms with Gasteiger partial charge in [0.1, 0.15) is 75.6 Å². The molecule has 6 aromatic rings. The number of nitrogens with zero attached hydrogens (tertiary/aromatic N) is 3. The predicted octanol–water partition coefficient (Wildman–Crippen LogP) is 24.2. The average Bonchev–Trinajstić information content (AvgIpc) is 0.898. The lowest BCUT2D eigenvalue weighted by Gasteiger charge is -2.21. The van der Waals surface area contributed by atoms with Crippen molar-refractivity contribution in [1.29, 1.82) is 0 Å². The maximum Gasteiger partial charge on any atom is 0.125 e. The Labute approximate surface area is 620 Å². The van der Waals surface area contributed by atoms with Gasteiger partial charge in [-0.3, -0.25) is 0 Å². The molecule has 6 aromatic carbocycles. The van der Waals surface area contributed by atoms with Crippen LogP contribution in [-0.2, 0) is 33.8 Å². The summed E-state index contributed by atoms with van der Waals surface area (Å²) >= 11 is 0. The van der Waals surface area contributed by atoms with Gasteiger partial charge in [0.15, 0.2) is 0 Å².